The van der Waals surface area contributed by atoms with Crippen LogP contribution in [0.3, 0.4) is 0 Å². The number of nitrogens with one attached hydrogen (secondary N) is 1. The molecule has 188 valence electrons. The fourth-order valence-corrected chi connectivity index (χ4v) is 9.64. The summed E-state index contributed by atoms with van der Waals surface area (Å²) in [6.07, 6.45) is 8.83. The second kappa shape index (κ2) is 7.11. The van der Waals surface area contributed by atoms with E-state index >= 15 is 0 Å². The van der Waals surface area contributed by atoms with Crippen LogP contribution in [0.4, 0.5) is 0 Å². The molecule has 7 rings (SSSR count). The van der Waals surface area contributed by atoms with Crippen molar-refractivity contribution in [3.63, 3.8) is 0 Å². The molecular weight excluding hydrogens is 462 g/mol. The van der Waals surface area contributed by atoms with Crippen LogP contribution in [-0.4, -0.2) is 73.7 Å². The number of hydrogen-bond donors (Lipinski definition) is 3. The molecule has 0 amide bonds. The van der Waals surface area contributed by atoms with Crippen LogP contribution in [0.2, 0.25) is 0 Å². The van der Waals surface area contributed by atoms with E-state index in [4.69, 9.17) is 16.3 Å². The van der Waals surface area contributed by atoms with Crippen molar-refractivity contribution >= 4 is 28.1 Å². The maximum Gasteiger partial charge on any atom is 0.0958 e. The van der Waals surface area contributed by atoms with Crippen LogP contribution in [0.1, 0.15) is 57.4 Å². The lowest BCUT2D eigenvalue weighted by atomic mass is 9.52. The molecule has 3 aliphatic carbocycles. The predicted molar refractivity (Wildman–Crippen MR) is 136 cm³/mol. The number of benzene rings is 1. The maximum absolute atomic E-state index is 11.3. The summed E-state index contributed by atoms with van der Waals surface area (Å²) in [5.41, 5.74) is 2.89. The van der Waals surface area contributed by atoms with Crippen LogP contribution < -0.4 is 0 Å². The summed E-state index contributed by atoms with van der Waals surface area (Å²) in [5, 5.41) is 30.7. The van der Waals surface area contributed by atoms with Crippen LogP contribution >= 0.6 is 11.6 Å². The van der Waals surface area contributed by atoms with Crippen molar-refractivity contribution in [3.05, 3.63) is 36.0 Å². The van der Waals surface area contributed by atoms with Crippen molar-refractivity contribution in [2.75, 3.05) is 14.1 Å². The zero-order chi connectivity index (χ0) is 24.4. The van der Waals surface area contributed by atoms with Gasteiger partial charge in [-0.05, 0) is 81.7 Å². The third-order valence-electron chi connectivity index (χ3n) is 11.0. The monoisotopic (exact) mass is 497 g/mol. The van der Waals surface area contributed by atoms with Gasteiger partial charge in [-0.1, -0.05) is 25.1 Å². The third kappa shape index (κ3) is 2.73. The van der Waals surface area contributed by atoms with Crippen molar-refractivity contribution in [1.82, 2.24) is 15.1 Å². The van der Waals surface area contributed by atoms with Crippen LogP contribution in [0.15, 0.2) is 30.5 Å². The molecule has 0 radical (unpaired) electrons. The van der Waals surface area contributed by atoms with Gasteiger partial charge in [0.05, 0.1) is 40.0 Å². The lowest BCUT2D eigenvalue weighted by Gasteiger charge is -2.65. The van der Waals surface area contributed by atoms with Gasteiger partial charge in [0.1, 0.15) is 0 Å². The summed E-state index contributed by atoms with van der Waals surface area (Å²) >= 11 is 7.61. The Morgan fingerprint density at radius 2 is 1.94 bits per heavy atom. The molecule has 9 atom stereocenters. The first-order valence-electron chi connectivity index (χ1n) is 13.2. The number of rotatable bonds is 2. The smallest absolute Gasteiger partial charge is 0.0958 e. The van der Waals surface area contributed by atoms with Crippen LogP contribution in [0, 0.1) is 17.3 Å². The summed E-state index contributed by atoms with van der Waals surface area (Å²) < 4.78 is 7.32. The number of aromatic amines is 1. The number of halogens is 1. The molecule has 7 heteroatoms. The van der Waals surface area contributed by atoms with Gasteiger partial charge >= 0.3 is 0 Å². The zero-order valence-electron chi connectivity index (χ0n) is 20.8. The standard InChI is InChI=1S/C28H36ClN3O3/c1-25-8-10-27(29)13-19-23(33)24(34)21(32(2)3)14-26(19)9-11-28(27,35-26)22(25)7-6-18(25)16-4-5-17-15-30-31-20(17)12-16/h4-6,12,15,19,21-24,33-34H,7-11,13-14H2,1-3H3,(H,30,31). The molecule has 6 nitrogen and oxygen atoms in total. The molecule has 2 aliphatic heterocycles. The number of allylic oxidation sites excluding steroid dienone is 2. The lowest BCUT2D eigenvalue weighted by molar-refractivity contribution is -0.276. The van der Waals surface area contributed by atoms with Gasteiger partial charge in [0, 0.05) is 23.3 Å². The van der Waals surface area contributed by atoms with E-state index in [1.54, 1.807) is 0 Å². The SMILES string of the molecule is CN(C)C1CC23CCC4(O2)C2CC=C(c5ccc6cn[nH]c6c5)C2(C)CCC4(Cl)CC3C(O)C1O. The minimum absolute atomic E-state index is 0.0157. The van der Waals surface area contributed by atoms with E-state index in [0.717, 1.165) is 55.8 Å². The lowest BCUT2D eigenvalue weighted by Crippen LogP contribution is -2.72. The van der Waals surface area contributed by atoms with Gasteiger partial charge in [0.15, 0.2) is 0 Å². The Bertz CT molecular complexity index is 1230. The molecule has 3 heterocycles. The number of aliphatic hydroxyl groups excluding tert-OH is 2. The summed E-state index contributed by atoms with van der Waals surface area (Å²) in [6.45, 7) is 2.42. The van der Waals surface area contributed by atoms with Crippen LogP contribution in [0.25, 0.3) is 16.5 Å². The summed E-state index contributed by atoms with van der Waals surface area (Å²) in [6, 6.07) is 6.50. The molecule has 5 aliphatic rings. The minimum Gasteiger partial charge on any atom is -0.390 e. The van der Waals surface area contributed by atoms with Crippen molar-refractivity contribution in [2.45, 2.75) is 86.2 Å². The van der Waals surface area contributed by atoms with Crippen molar-refractivity contribution < 1.29 is 14.9 Å². The molecule has 35 heavy (non-hydrogen) atoms. The number of alkyl halides is 1. The van der Waals surface area contributed by atoms with E-state index in [-0.39, 0.29) is 17.4 Å². The Morgan fingerprint density at radius 3 is 2.74 bits per heavy atom. The normalized spacial score (nSPS) is 48.5. The highest BCUT2D eigenvalue weighted by atomic mass is 35.5. The number of H-pyrrole nitrogens is 1. The Balaban J connectivity index is 1.28. The van der Waals surface area contributed by atoms with Crippen LogP contribution in [0.5, 0.6) is 0 Å². The fraction of sp³-hybridized carbons (Fsp3) is 0.679. The van der Waals surface area contributed by atoms with E-state index in [1.807, 2.05) is 25.2 Å². The number of fused-ring (bicyclic) bond motifs is 2. The van der Waals surface area contributed by atoms with E-state index in [1.165, 1.54) is 11.1 Å². The second-order valence-electron chi connectivity index (χ2n) is 12.5. The quantitative estimate of drug-likeness (QED) is 0.544. The topological polar surface area (TPSA) is 81.6 Å². The molecule has 3 N–H and O–H groups in total. The van der Waals surface area contributed by atoms with E-state index in [9.17, 15) is 10.2 Å². The van der Waals surface area contributed by atoms with E-state index in [0.29, 0.717) is 5.92 Å². The van der Waals surface area contributed by atoms with Crippen molar-refractivity contribution in [1.29, 1.82) is 0 Å². The van der Waals surface area contributed by atoms with Crippen molar-refractivity contribution in [3.8, 4) is 0 Å². The van der Waals surface area contributed by atoms with Crippen molar-refractivity contribution in [2.24, 2.45) is 17.3 Å². The molecule has 2 saturated carbocycles. The molecule has 4 fully saturated rings. The van der Waals surface area contributed by atoms with E-state index in [2.05, 4.69) is 41.4 Å². The number of aliphatic hydroxyl groups is 2. The molecule has 1 aromatic carbocycles. The highest BCUT2D eigenvalue weighted by Crippen LogP contribution is 2.73. The van der Waals surface area contributed by atoms with Gasteiger partial charge in [-0.25, -0.2) is 0 Å². The van der Waals surface area contributed by atoms with Crippen LogP contribution in [-0.2, 0) is 4.74 Å². The molecule has 2 saturated heterocycles. The van der Waals surface area contributed by atoms with Gasteiger partial charge in [-0.2, -0.15) is 5.10 Å². The Labute approximate surface area is 211 Å². The zero-order valence-corrected chi connectivity index (χ0v) is 21.6. The second-order valence-corrected chi connectivity index (χ2v) is 13.3. The largest absolute Gasteiger partial charge is 0.390 e. The first-order chi connectivity index (χ1) is 16.6. The average Bonchev–Trinajstić information content (AvgIpc) is 3.52. The molecule has 1 aromatic heterocycles. The Morgan fingerprint density at radius 1 is 1.11 bits per heavy atom. The maximum atomic E-state index is 11.3. The Hall–Kier alpha value is -1.44. The average molecular weight is 498 g/mol. The minimum atomic E-state index is -0.811. The van der Waals surface area contributed by atoms with E-state index < -0.39 is 28.3 Å². The number of aromatic nitrogens is 2. The highest BCUT2D eigenvalue weighted by Gasteiger charge is 2.76. The predicted octanol–water partition coefficient (Wildman–Crippen LogP) is 4.11. The highest BCUT2D eigenvalue weighted by molar-refractivity contribution is 6.25. The number of hydrogen-bond acceptors (Lipinski definition) is 5. The Kier molecular flexibility index (Phi) is 4.62. The van der Waals surface area contributed by atoms with Gasteiger partial charge in [0.2, 0.25) is 0 Å². The first kappa shape index (κ1) is 22.7. The molecule has 2 aromatic rings. The number of nitrogens with zero attached hydrogens (tertiary/aromatic N) is 2. The summed E-state index contributed by atoms with van der Waals surface area (Å²) in [7, 11) is 3.97. The summed E-state index contributed by atoms with van der Waals surface area (Å²) in [5.74, 6) is 0.179. The van der Waals surface area contributed by atoms with Gasteiger partial charge in [-0.15, -0.1) is 11.6 Å². The molecule has 2 bridgehead atoms. The molecule has 9 unspecified atom stereocenters. The number of ether oxygens (including phenoxy) is 1. The molecule has 2 spiro atoms. The number of likely N-dealkylation sites (N-methyl/N-ethyl adjacent to an activating group) is 1. The first-order valence-corrected chi connectivity index (χ1v) is 13.6. The molecular formula is C28H36ClN3O3. The van der Waals surface area contributed by atoms with Gasteiger partial charge < -0.3 is 19.8 Å². The fourth-order valence-electron chi connectivity index (χ4n) is 9.11. The van der Waals surface area contributed by atoms with Gasteiger partial charge in [-0.3, -0.25) is 5.10 Å². The third-order valence-corrected chi connectivity index (χ3v) is 11.6. The van der Waals surface area contributed by atoms with Gasteiger partial charge in [0.25, 0.3) is 0 Å². The summed E-state index contributed by atoms with van der Waals surface area (Å²) in [4.78, 5) is 1.53.